The van der Waals surface area contributed by atoms with Crippen molar-refractivity contribution in [1.82, 2.24) is 24.6 Å². The molecule has 2 amide bonds. The van der Waals surface area contributed by atoms with Gasteiger partial charge in [-0.15, -0.1) is 10.2 Å². The number of hydrogen-bond acceptors (Lipinski definition) is 5. The minimum absolute atomic E-state index is 0.0676. The normalized spacial score (nSPS) is 14.9. The van der Waals surface area contributed by atoms with Crippen molar-refractivity contribution >= 4 is 23.6 Å². The quantitative estimate of drug-likeness (QED) is 0.121. The van der Waals surface area contributed by atoms with E-state index in [0.717, 1.165) is 40.0 Å². The minimum Gasteiger partial charge on any atom is -0.339 e. The summed E-state index contributed by atoms with van der Waals surface area (Å²) >= 11 is 1.63. The number of aromatic nitrogens is 3. The average molecular weight is 630 g/mol. The van der Waals surface area contributed by atoms with Crippen molar-refractivity contribution in [3.05, 3.63) is 144 Å². The highest BCUT2D eigenvalue weighted by Crippen LogP contribution is 2.29. The van der Waals surface area contributed by atoms with Gasteiger partial charge in [-0.1, -0.05) is 121 Å². The molecule has 0 saturated carbocycles. The van der Waals surface area contributed by atoms with Gasteiger partial charge in [-0.3, -0.25) is 14.2 Å². The van der Waals surface area contributed by atoms with Crippen molar-refractivity contribution in [2.24, 2.45) is 0 Å². The van der Waals surface area contributed by atoms with Crippen LogP contribution in [0.5, 0.6) is 0 Å². The zero-order chi connectivity index (χ0) is 31.7. The van der Waals surface area contributed by atoms with Crippen LogP contribution in [0.25, 0.3) is 5.69 Å². The molecule has 0 spiro atoms. The third-order valence-electron chi connectivity index (χ3n) is 8.46. The summed E-state index contributed by atoms with van der Waals surface area (Å²) in [6.07, 6.45) is 1.88. The molecule has 234 valence electrons. The highest BCUT2D eigenvalue weighted by Gasteiger charge is 2.34. The van der Waals surface area contributed by atoms with Gasteiger partial charge in [0.05, 0.1) is 5.92 Å². The average Bonchev–Trinajstić information content (AvgIpc) is 3.50. The Morgan fingerprint density at radius 2 is 1.37 bits per heavy atom. The van der Waals surface area contributed by atoms with Crippen LogP contribution in [0.4, 0.5) is 0 Å². The Bertz CT molecular complexity index is 1670. The summed E-state index contributed by atoms with van der Waals surface area (Å²) in [7, 11) is 0. The smallest absolute Gasteiger partial charge is 0.234 e. The predicted molar refractivity (Wildman–Crippen MR) is 183 cm³/mol. The van der Waals surface area contributed by atoms with Gasteiger partial charge in [0.25, 0.3) is 0 Å². The van der Waals surface area contributed by atoms with Gasteiger partial charge in [-0.25, -0.2) is 0 Å². The van der Waals surface area contributed by atoms with Gasteiger partial charge in [0, 0.05) is 50.0 Å². The fourth-order valence-electron chi connectivity index (χ4n) is 6.11. The van der Waals surface area contributed by atoms with Gasteiger partial charge >= 0.3 is 0 Å². The molecule has 4 aromatic carbocycles. The van der Waals surface area contributed by atoms with Crippen molar-refractivity contribution in [3.8, 4) is 5.69 Å². The first-order valence-corrected chi connectivity index (χ1v) is 16.9. The number of rotatable bonds is 11. The van der Waals surface area contributed by atoms with Crippen molar-refractivity contribution in [1.29, 1.82) is 0 Å². The number of nitrogens with zero attached hydrogens (tertiary/aromatic N) is 5. The van der Waals surface area contributed by atoms with E-state index in [0.29, 0.717) is 32.5 Å². The van der Waals surface area contributed by atoms with Gasteiger partial charge in [0.2, 0.25) is 11.8 Å². The number of benzene rings is 4. The summed E-state index contributed by atoms with van der Waals surface area (Å²) in [5, 5.41) is 9.90. The summed E-state index contributed by atoms with van der Waals surface area (Å²) in [5.41, 5.74) is 4.18. The van der Waals surface area contributed by atoms with E-state index < -0.39 is 0 Å². The van der Waals surface area contributed by atoms with E-state index in [4.69, 9.17) is 0 Å². The van der Waals surface area contributed by atoms with Crippen molar-refractivity contribution in [2.45, 2.75) is 43.3 Å². The van der Waals surface area contributed by atoms with Crippen LogP contribution in [0.2, 0.25) is 0 Å². The Labute approximate surface area is 275 Å². The van der Waals surface area contributed by atoms with Crippen molar-refractivity contribution < 1.29 is 9.59 Å². The van der Waals surface area contributed by atoms with Gasteiger partial charge < -0.3 is 9.80 Å². The highest BCUT2D eigenvalue weighted by atomic mass is 32.2. The van der Waals surface area contributed by atoms with E-state index >= 15 is 0 Å². The number of thioether (sulfide) groups is 1. The number of amides is 2. The van der Waals surface area contributed by atoms with E-state index in [1.807, 2.05) is 114 Å². The van der Waals surface area contributed by atoms with Crippen LogP contribution in [-0.4, -0.2) is 67.8 Å². The number of para-hydroxylation sites is 1. The number of carbonyl (C=O) groups excluding carboxylic acids is 2. The molecule has 0 N–H and O–H groups in total. The van der Waals surface area contributed by atoms with Crippen molar-refractivity contribution in [3.63, 3.8) is 0 Å². The molecule has 6 rings (SSSR count). The van der Waals surface area contributed by atoms with Crippen LogP contribution in [0.3, 0.4) is 0 Å². The Balaban J connectivity index is 1.05. The minimum atomic E-state index is -0.365. The zero-order valence-corrected chi connectivity index (χ0v) is 26.9. The molecule has 1 aliphatic rings. The number of hydrogen-bond donors (Lipinski definition) is 0. The molecule has 1 aromatic heterocycles. The fraction of sp³-hybridized carbons (Fsp3) is 0.263. The van der Waals surface area contributed by atoms with Gasteiger partial charge in [0.1, 0.15) is 5.82 Å². The van der Waals surface area contributed by atoms with Crippen molar-refractivity contribution in [2.75, 3.05) is 25.4 Å². The second-order valence-electron chi connectivity index (χ2n) is 11.7. The largest absolute Gasteiger partial charge is 0.339 e. The molecule has 46 heavy (non-hydrogen) atoms. The summed E-state index contributed by atoms with van der Waals surface area (Å²) < 4.78 is 2.12. The molecular weight excluding hydrogens is 591 g/mol. The zero-order valence-electron chi connectivity index (χ0n) is 26.1. The van der Waals surface area contributed by atoms with Gasteiger partial charge in [0.15, 0.2) is 5.16 Å². The molecule has 1 unspecified atom stereocenters. The molecule has 0 radical (unpaired) electrons. The monoisotopic (exact) mass is 629 g/mol. The Hall–Kier alpha value is -4.69. The first-order valence-electron chi connectivity index (χ1n) is 15.9. The van der Waals surface area contributed by atoms with E-state index in [9.17, 15) is 9.59 Å². The Kier molecular flexibility index (Phi) is 10.2. The molecular formula is C38H39N5O2S. The van der Waals surface area contributed by atoms with E-state index in [2.05, 4.69) is 39.0 Å². The van der Waals surface area contributed by atoms with E-state index in [-0.39, 0.29) is 23.8 Å². The maximum absolute atomic E-state index is 14.0. The summed E-state index contributed by atoms with van der Waals surface area (Å²) in [5.74, 6) is 1.50. The maximum atomic E-state index is 14.0. The van der Waals surface area contributed by atoms with Crippen LogP contribution < -0.4 is 0 Å². The standard InChI is InChI=1S/C38H39N5O2S/c1-29-28-41(24-25-42(29)37(45)36(31-17-8-3-9-18-31)32-19-10-4-11-20-32)35(44)23-14-26-46-38-40-39-34(27-30-15-6-2-7-16-30)43(38)33-21-12-5-13-22-33/h2-13,15-22,29,36H,14,23-28H2,1H3. The molecule has 2 heterocycles. The van der Waals surface area contributed by atoms with Crippen LogP contribution in [-0.2, 0) is 16.0 Å². The lowest BCUT2D eigenvalue weighted by molar-refractivity contribution is -0.142. The first kappa shape index (κ1) is 31.3. The second-order valence-corrected chi connectivity index (χ2v) is 12.7. The van der Waals surface area contributed by atoms with Crippen LogP contribution in [0.1, 0.15) is 48.2 Å². The van der Waals surface area contributed by atoms with Crippen LogP contribution in [0.15, 0.2) is 126 Å². The fourth-order valence-corrected chi connectivity index (χ4v) is 7.02. The topological polar surface area (TPSA) is 71.3 Å². The molecule has 7 nitrogen and oxygen atoms in total. The Morgan fingerprint density at radius 1 is 0.783 bits per heavy atom. The second kappa shape index (κ2) is 15.1. The molecule has 1 fully saturated rings. The lowest BCUT2D eigenvalue weighted by Gasteiger charge is -2.41. The molecule has 1 saturated heterocycles. The molecule has 0 aliphatic carbocycles. The third-order valence-corrected chi connectivity index (χ3v) is 9.48. The molecule has 8 heteroatoms. The van der Waals surface area contributed by atoms with E-state index in [1.54, 1.807) is 11.8 Å². The first-order chi connectivity index (χ1) is 22.6. The Morgan fingerprint density at radius 3 is 1.98 bits per heavy atom. The van der Waals surface area contributed by atoms with Crippen LogP contribution >= 0.6 is 11.8 Å². The summed E-state index contributed by atoms with van der Waals surface area (Å²) in [6, 6.07) is 40.3. The van der Waals surface area contributed by atoms with E-state index in [1.165, 1.54) is 5.56 Å². The maximum Gasteiger partial charge on any atom is 0.234 e. The molecule has 1 atom stereocenters. The van der Waals surface area contributed by atoms with Gasteiger partial charge in [-0.2, -0.15) is 0 Å². The third kappa shape index (κ3) is 7.40. The molecule has 1 aliphatic heterocycles. The lowest BCUT2D eigenvalue weighted by atomic mass is 9.89. The summed E-state index contributed by atoms with van der Waals surface area (Å²) in [4.78, 5) is 31.1. The molecule has 5 aromatic rings. The van der Waals surface area contributed by atoms with Crippen LogP contribution in [0, 0.1) is 0 Å². The number of piperazine rings is 1. The molecule has 0 bridgehead atoms. The van der Waals surface area contributed by atoms with Gasteiger partial charge in [-0.05, 0) is 42.2 Å². The summed E-state index contributed by atoms with van der Waals surface area (Å²) in [6.45, 7) is 3.66. The SMILES string of the molecule is CC1CN(C(=O)CCCSc2nnc(Cc3ccccc3)n2-c2ccccc2)CCN1C(=O)C(c1ccccc1)c1ccccc1. The lowest BCUT2D eigenvalue weighted by Crippen LogP contribution is -2.56. The predicted octanol–water partition coefficient (Wildman–Crippen LogP) is 6.62. The highest BCUT2D eigenvalue weighted by molar-refractivity contribution is 7.99. The number of carbonyl (C=O) groups is 2.